The second kappa shape index (κ2) is 33.8. The van der Waals surface area contributed by atoms with E-state index >= 15 is 0 Å². The van der Waals surface area contributed by atoms with Crippen molar-refractivity contribution in [2.24, 2.45) is 0 Å². The second-order valence-corrected chi connectivity index (χ2v) is 37.2. The molecule has 648 valence electrons. The minimum atomic E-state index is -0.410. The topological polar surface area (TPSA) is 116 Å². The predicted molar refractivity (Wildman–Crippen MR) is 561 cm³/mol. The summed E-state index contributed by atoms with van der Waals surface area (Å²) in [5.74, 6) is 5.98. The summed E-state index contributed by atoms with van der Waals surface area (Å²) in [7, 11) is 0. The lowest BCUT2D eigenvalue weighted by atomic mass is 9.70. The molecule has 0 amide bonds. The molecular formula is C128H91N9. The van der Waals surface area contributed by atoms with Gasteiger partial charge in [0.2, 0.25) is 0 Å². The van der Waals surface area contributed by atoms with E-state index in [4.69, 9.17) is 44.9 Å². The van der Waals surface area contributed by atoms with Crippen molar-refractivity contribution in [3.05, 3.63) is 498 Å². The molecule has 3 aromatic heterocycles. The van der Waals surface area contributed by atoms with Gasteiger partial charge in [0.15, 0.2) is 52.4 Å². The molecule has 1 spiro atoms. The van der Waals surface area contributed by atoms with Crippen LogP contribution in [0.15, 0.2) is 443 Å². The summed E-state index contributed by atoms with van der Waals surface area (Å²) in [5, 5.41) is 4.81. The van der Waals surface area contributed by atoms with Crippen LogP contribution in [0.25, 0.3) is 202 Å². The van der Waals surface area contributed by atoms with Crippen molar-refractivity contribution < 1.29 is 0 Å². The fraction of sp³-hybridized carbons (Fsp3) is 0.0703. The SMILES string of the molecule is CC1(C)c2ccccc2-c2cccc(-c3cccc(-c4nc(-c5ccccc5)nc(-c5ccc(-c6ccc7ccccc7c6)cc5)n4)c3)c21.Cc1ccc(-c2nc(-c3ccc(C)cc3)nc(-c3ccc4cc(-c5cccc6c5-c5ccccc5C6(C)C)ccc4c3)n2)cc1.c1ccc(-c2nc(-c3ccccc3)nc(-c3cccc4c3-c3ccccc3C43c4ccccc4-c4ccccc43)n2)cc1. The van der Waals surface area contributed by atoms with Crippen LogP contribution in [0.5, 0.6) is 0 Å². The monoisotopic (exact) mass is 1750 g/mol. The number of benzene rings is 19. The first kappa shape index (κ1) is 82.9. The smallest absolute Gasteiger partial charge is 0.164 e. The van der Waals surface area contributed by atoms with Crippen molar-refractivity contribution in [1.29, 1.82) is 0 Å². The lowest BCUT2D eigenvalue weighted by Gasteiger charge is -2.30. The molecule has 0 N–H and O–H groups in total. The summed E-state index contributed by atoms with van der Waals surface area (Å²) in [6.07, 6.45) is 0. The van der Waals surface area contributed by atoms with E-state index in [1.54, 1.807) is 0 Å². The second-order valence-electron chi connectivity index (χ2n) is 37.2. The van der Waals surface area contributed by atoms with Crippen LogP contribution in [0.2, 0.25) is 0 Å². The van der Waals surface area contributed by atoms with Crippen molar-refractivity contribution in [3.63, 3.8) is 0 Å². The van der Waals surface area contributed by atoms with Crippen LogP contribution < -0.4 is 0 Å². The molecule has 0 fully saturated rings. The minimum absolute atomic E-state index is 0.0207. The number of hydrogen-bond donors (Lipinski definition) is 0. The molecule has 0 unspecified atom stereocenters. The molecule has 0 saturated carbocycles. The van der Waals surface area contributed by atoms with Crippen molar-refractivity contribution in [2.75, 3.05) is 0 Å². The van der Waals surface area contributed by atoms with Crippen molar-refractivity contribution >= 4 is 21.5 Å². The lowest BCUT2D eigenvalue weighted by molar-refractivity contribution is 0.660. The van der Waals surface area contributed by atoms with E-state index in [1.165, 1.54) is 139 Å². The van der Waals surface area contributed by atoms with Gasteiger partial charge in [-0.3, -0.25) is 0 Å². The normalized spacial score (nSPS) is 13.1. The molecule has 19 aromatic carbocycles. The van der Waals surface area contributed by atoms with Crippen LogP contribution in [0.1, 0.15) is 83.3 Å². The number of aryl methyl sites for hydroxylation is 2. The van der Waals surface area contributed by atoms with Crippen LogP contribution in [0.3, 0.4) is 0 Å². The lowest BCUT2D eigenvalue weighted by Crippen LogP contribution is -2.25. The zero-order valence-corrected chi connectivity index (χ0v) is 76.7. The molecule has 0 radical (unpaired) electrons. The number of nitrogens with zero attached hydrogens (tertiary/aromatic N) is 9. The Bertz CT molecular complexity index is 8350. The Morgan fingerprint density at radius 1 is 0.153 bits per heavy atom. The summed E-state index contributed by atoms with van der Waals surface area (Å²) in [6, 6.07) is 157. The third-order valence-electron chi connectivity index (χ3n) is 28.1. The van der Waals surface area contributed by atoms with Gasteiger partial charge in [-0.2, -0.15) is 0 Å². The van der Waals surface area contributed by atoms with Crippen LogP contribution >= 0.6 is 0 Å². The number of aromatic nitrogens is 9. The van der Waals surface area contributed by atoms with Gasteiger partial charge in [-0.25, -0.2) is 44.9 Å². The molecule has 26 rings (SSSR count). The molecule has 4 aliphatic carbocycles. The van der Waals surface area contributed by atoms with E-state index < -0.39 is 5.41 Å². The first-order valence-corrected chi connectivity index (χ1v) is 47.0. The fourth-order valence-electron chi connectivity index (χ4n) is 21.4. The highest BCUT2D eigenvalue weighted by molar-refractivity contribution is 6.01. The maximum absolute atomic E-state index is 5.13. The Hall–Kier alpha value is -17.3. The molecule has 0 atom stereocenters. The first-order chi connectivity index (χ1) is 67.2. The molecule has 22 aromatic rings. The average Bonchev–Trinajstić information content (AvgIpc) is 1.50. The van der Waals surface area contributed by atoms with Gasteiger partial charge in [0.05, 0.1) is 5.41 Å². The Labute approximate surface area is 797 Å². The molecule has 137 heavy (non-hydrogen) atoms. The fourth-order valence-corrected chi connectivity index (χ4v) is 21.4. The van der Waals surface area contributed by atoms with E-state index in [0.717, 1.165) is 66.6 Å². The molecular weight excluding hydrogens is 1660 g/mol. The maximum Gasteiger partial charge on any atom is 0.164 e. The summed E-state index contributed by atoms with van der Waals surface area (Å²) in [6.45, 7) is 13.5. The number of hydrogen-bond acceptors (Lipinski definition) is 9. The highest BCUT2D eigenvalue weighted by Crippen LogP contribution is 2.64. The van der Waals surface area contributed by atoms with Crippen LogP contribution in [-0.2, 0) is 16.2 Å². The summed E-state index contributed by atoms with van der Waals surface area (Å²) >= 11 is 0. The van der Waals surface area contributed by atoms with Crippen molar-refractivity contribution in [2.45, 2.75) is 57.8 Å². The van der Waals surface area contributed by atoms with Crippen molar-refractivity contribution in [1.82, 2.24) is 44.9 Å². The van der Waals surface area contributed by atoms with Gasteiger partial charge in [0, 0.05) is 60.9 Å². The number of rotatable bonds is 12. The van der Waals surface area contributed by atoms with Crippen LogP contribution in [0.4, 0.5) is 0 Å². The van der Waals surface area contributed by atoms with Gasteiger partial charge in [0.25, 0.3) is 0 Å². The Kier molecular flexibility index (Phi) is 20.4. The number of fused-ring (bicyclic) bond motifs is 18. The van der Waals surface area contributed by atoms with E-state index in [9.17, 15) is 0 Å². The molecule has 3 heterocycles. The molecule has 0 bridgehead atoms. The first-order valence-electron chi connectivity index (χ1n) is 47.0. The zero-order chi connectivity index (χ0) is 92.0. The highest BCUT2D eigenvalue weighted by Gasteiger charge is 2.52. The van der Waals surface area contributed by atoms with E-state index in [0.29, 0.717) is 52.4 Å². The van der Waals surface area contributed by atoms with Gasteiger partial charge in [-0.1, -0.05) is 457 Å². The molecule has 9 nitrogen and oxygen atoms in total. The third-order valence-corrected chi connectivity index (χ3v) is 28.1. The summed E-state index contributed by atoms with van der Waals surface area (Å²) < 4.78 is 0. The van der Waals surface area contributed by atoms with E-state index in [-0.39, 0.29) is 10.8 Å². The standard InChI is InChI=1S/C46H33N3.C42H33N3.C40H25N3/c1-46(2)41-21-9-8-18-39(41)40-20-11-19-38(42(40)46)36-16-10-17-37(29-36)45-48-43(32-13-4-3-5-14-32)47-44(49-45)33-25-22-31(23-26-33)35-27-24-30-12-6-7-15-34(30)28-35;1-26-12-16-28(17-13-26)39-43-40(29-18-14-27(2)15-19-29)45-41(44-39)33-23-21-30-24-32(22-20-31(30)25-33)34-9-7-11-37-38(34)35-8-5-6-10-36(35)42(37,3)4;1-3-14-26(15-4-1)37-41-38(27-16-5-2-6-17-27)43-39(42-37)31-21-13-25-35-36(31)30-20-9-12-24-34(30)40(35)32-22-10-7-18-28(32)29-19-8-11-23-33(29)40/h3-29H,1-2H3;5-25H,1-4H3;1-25H. The van der Waals surface area contributed by atoms with Gasteiger partial charge in [-0.15, -0.1) is 0 Å². The third kappa shape index (κ3) is 14.5. The Morgan fingerprint density at radius 2 is 0.431 bits per heavy atom. The zero-order valence-electron chi connectivity index (χ0n) is 76.7. The minimum Gasteiger partial charge on any atom is -0.208 e. The average molecular weight is 1760 g/mol. The highest BCUT2D eigenvalue weighted by atomic mass is 15.1. The van der Waals surface area contributed by atoms with Crippen LogP contribution in [0, 0.1) is 13.8 Å². The Balaban J connectivity index is 0.000000112. The molecule has 9 heteroatoms. The van der Waals surface area contributed by atoms with E-state index in [2.05, 4.69) is 430 Å². The Morgan fingerprint density at radius 3 is 0.964 bits per heavy atom. The van der Waals surface area contributed by atoms with E-state index in [1.807, 2.05) is 54.6 Å². The molecule has 0 aliphatic heterocycles. The quantitative estimate of drug-likeness (QED) is 0.118. The molecule has 0 saturated heterocycles. The van der Waals surface area contributed by atoms with Crippen molar-refractivity contribution in [3.8, 4) is 180 Å². The summed E-state index contributed by atoms with van der Waals surface area (Å²) in [5.41, 5.74) is 38.9. The van der Waals surface area contributed by atoms with Gasteiger partial charge in [0.1, 0.15) is 0 Å². The van der Waals surface area contributed by atoms with Gasteiger partial charge < -0.3 is 0 Å². The maximum atomic E-state index is 5.13. The predicted octanol–water partition coefficient (Wildman–Crippen LogP) is 31.5. The summed E-state index contributed by atoms with van der Waals surface area (Å²) in [4.78, 5) is 45.2. The largest absolute Gasteiger partial charge is 0.208 e. The molecule has 4 aliphatic rings. The van der Waals surface area contributed by atoms with Gasteiger partial charge >= 0.3 is 0 Å². The van der Waals surface area contributed by atoms with Crippen LogP contribution in [-0.4, -0.2) is 44.9 Å². The van der Waals surface area contributed by atoms with Gasteiger partial charge in [-0.05, 0) is 182 Å².